The maximum atomic E-state index is 11.5. The minimum absolute atomic E-state index is 0.529. The van der Waals surface area contributed by atoms with Gasteiger partial charge in [-0.25, -0.2) is 0 Å². The molecule has 1 aliphatic heterocycles. The Bertz CT molecular complexity index is 291. The summed E-state index contributed by atoms with van der Waals surface area (Å²) in [5, 5.41) is 7.82. The van der Waals surface area contributed by atoms with Gasteiger partial charge in [0.05, 0.1) is 0 Å². The molecule has 0 radical (unpaired) electrons. The number of ketones is 1. The summed E-state index contributed by atoms with van der Waals surface area (Å²) in [6.07, 6.45) is -2.09. The van der Waals surface area contributed by atoms with Crippen LogP contribution in [0.4, 0.5) is 0 Å². The Morgan fingerprint density at radius 2 is 1.83 bits per heavy atom. The topological polar surface area (TPSA) is 74.2 Å². The zero-order valence-electron chi connectivity index (χ0n) is 10.9. The summed E-state index contributed by atoms with van der Waals surface area (Å²) in [5.74, 6) is -1.42. The SMILES string of the molecule is COC(OC)[C@@H]1OC(C)(C)O[C@H]1[C@@H](Cl)C(=O)CO. The molecule has 1 N–H and O–H groups in total. The van der Waals surface area contributed by atoms with E-state index in [1.165, 1.54) is 14.2 Å². The highest BCUT2D eigenvalue weighted by molar-refractivity contribution is 6.31. The van der Waals surface area contributed by atoms with Gasteiger partial charge in [0.15, 0.2) is 17.9 Å². The minimum Gasteiger partial charge on any atom is -0.389 e. The fourth-order valence-corrected chi connectivity index (χ4v) is 2.15. The van der Waals surface area contributed by atoms with Crippen LogP contribution in [0.3, 0.4) is 0 Å². The third kappa shape index (κ3) is 3.40. The van der Waals surface area contributed by atoms with Crippen LogP contribution in [0.25, 0.3) is 0 Å². The second-order valence-corrected chi connectivity index (χ2v) is 4.90. The van der Waals surface area contributed by atoms with Crippen molar-refractivity contribution in [1.29, 1.82) is 0 Å². The summed E-state index contributed by atoms with van der Waals surface area (Å²) in [7, 11) is 2.91. The molecule has 0 amide bonds. The monoisotopic (exact) mass is 282 g/mol. The predicted molar refractivity (Wildman–Crippen MR) is 63.4 cm³/mol. The zero-order valence-corrected chi connectivity index (χ0v) is 11.6. The van der Waals surface area contributed by atoms with Gasteiger partial charge in [-0.2, -0.15) is 0 Å². The number of ether oxygens (including phenoxy) is 4. The van der Waals surface area contributed by atoms with E-state index in [-0.39, 0.29) is 0 Å². The van der Waals surface area contributed by atoms with E-state index in [4.69, 9.17) is 35.7 Å². The number of rotatable bonds is 6. The van der Waals surface area contributed by atoms with E-state index in [0.717, 1.165) is 0 Å². The molecule has 0 aromatic carbocycles. The second-order valence-electron chi connectivity index (χ2n) is 4.43. The van der Waals surface area contributed by atoms with E-state index in [1.807, 2.05) is 0 Å². The van der Waals surface area contributed by atoms with Crippen molar-refractivity contribution in [3.63, 3.8) is 0 Å². The first-order valence-corrected chi connectivity index (χ1v) is 5.98. The first kappa shape index (κ1) is 15.8. The van der Waals surface area contributed by atoms with E-state index in [2.05, 4.69) is 0 Å². The minimum atomic E-state index is -1.02. The van der Waals surface area contributed by atoms with E-state index in [1.54, 1.807) is 13.8 Å². The van der Waals surface area contributed by atoms with Gasteiger partial charge in [0.25, 0.3) is 0 Å². The Morgan fingerprint density at radius 3 is 2.28 bits per heavy atom. The summed E-state index contributed by atoms with van der Waals surface area (Å²) in [6, 6.07) is 0. The van der Waals surface area contributed by atoms with Crippen LogP contribution in [0.2, 0.25) is 0 Å². The lowest BCUT2D eigenvalue weighted by molar-refractivity contribution is -0.201. The number of aliphatic hydroxyl groups is 1. The molecule has 0 aromatic heterocycles. The van der Waals surface area contributed by atoms with E-state index in [9.17, 15) is 4.79 Å². The van der Waals surface area contributed by atoms with Crippen LogP contribution in [0.15, 0.2) is 0 Å². The fourth-order valence-electron chi connectivity index (χ4n) is 1.89. The molecule has 1 heterocycles. The lowest BCUT2D eigenvalue weighted by atomic mass is 10.1. The fraction of sp³-hybridized carbons (Fsp3) is 0.909. The molecule has 1 aliphatic rings. The Morgan fingerprint density at radius 1 is 1.33 bits per heavy atom. The van der Waals surface area contributed by atoms with Crippen molar-refractivity contribution in [1.82, 2.24) is 0 Å². The van der Waals surface area contributed by atoms with E-state index >= 15 is 0 Å². The van der Waals surface area contributed by atoms with Gasteiger partial charge in [0.2, 0.25) is 0 Å². The van der Waals surface area contributed by atoms with Crippen LogP contribution in [-0.4, -0.2) is 61.4 Å². The van der Waals surface area contributed by atoms with Gasteiger partial charge < -0.3 is 24.1 Å². The van der Waals surface area contributed by atoms with Crippen molar-refractivity contribution >= 4 is 17.4 Å². The van der Waals surface area contributed by atoms with E-state index in [0.29, 0.717) is 0 Å². The van der Waals surface area contributed by atoms with Crippen molar-refractivity contribution in [3.05, 3.63) is 0 Å². The van der Waals surface area contributed by atoms with Gasteiger partial charge in [-0.3, -0.25) is 4.79 Å². The van der Waals surface area contributed by atoms with Crippen LogP contribution in [-0.2, 0) is 23.7 Å². The van der Waals surface area contributed by atoms with Crippen LogP contribution in [0.1, 0.15) is 13.8 Å². The quantitative estimate of drug-likeness (QED) is 0.558. The molecule has 0 aromatic rings. The average molecular weight is 283 g/mol. The maximum Gasteiger partial charge on any atom is 0.185 e. The van der Waals surface area contributed by atoms with Gasteiger partial charge in [0, 0.05) is 14.2 Å². The maximum absolute atomic E-state index is 11.5. The van der Waals surface area contributed by atoms with Crippen LogP contribution in [0, 0.1) is 0 Å². The molecule has 1 saturated heterocycles. The summed E-state index contributed by atoms with van der Waals surface area (Å²) in [4.78, 5) is 11.5. The Balaban J connectivity index is 2.88. The van der Waals surface area contributed by atoms with Gasteiger partial charge in [-0.05, 0) is 13.8 Å². The molecule has 1 fully saturated rings. The van der Waals surface area contributed by atoms with Crippen molar-refractivity contribution in [2.75, 3.05) is 20.8 Å². The van der Waals surface area contributed by atoms with E-state index < -0.39 is 42.1 Å². The molecule has 0 bridgehead atoms. The van der Waals surface area contributed by atoms with Crippen molar-refractivity contribution in [2.45, 2.75) is 43.5 Å². The molecule has 6 nitrogen and oxygen atoms in total. The van der Waals surface area contributed by atoms with Gasteiger partial charge in [-0.1, -0.05) is 0 Å². The number of methoxy groups -OCH3 is 2. The molecule has 0 unspecified atom stereocenters. The molecule has 3 atom stereocenters. The molecular weight excluding hydrogens is 264 g/mol. The van der Waals surface area contributed by atoms with Crippen LogP contribution >= 0.6 is 11.6 Å². The van der Waals surface area contributed by atoms with Crippen molar-refractivity contribution in [3.8, 4) is 0 Å². The Labute approximate surface area is 111 Å². The number of carbonyl (C=O) groups excluding carboxylic acids is 1. The highest BCUT2D eigenvalue weighted by Gasteiger charge is 2.50. The Hall–Kier alpha value is -0.240. The largest absolute Gasteiger partial charge is 0.389 e. The van der Waals surface area contributed by atoms with Gasteiger partial charge in [0.1, 0.15) is 24.2 Å². The summed E-state index contributed by atoms with van der Waals surface area (Å²) in [5.41, 5.74) is 0. The number of alkyl halides is 1. The molecular formula is C11H19ClO6. The molecule has 1 rings (SSSR count). The number of carbonyl (C=O) groups is 1. The first-order valence-electron chi connectivity index (χ1n) is 5.55. The number of hydrogen-bond donors (Lipinski definition) is 1. The highest BCUT2D eigenvalue weighted by atomic mass is 35.5. The van der Waals surface area contributed by atoms with Crippen molar-refractivity contribution < 1.29 is 28.8 Å². The molecule has 18 heavy (non-hydrogen) atoms. The van der Waals surface area contributed by atoms with Crippen LogP contribution in [0.5, 0.6) is 0 Å². The highest BCUT2D eigenvalue weighted by Crippen LogP contribution is 2.34. The second kappa shape index (κ2) is 6.27. The molecule has 0 aliphatic carbocycles. The number of halogens is 1. The lowest BCUT2D eigenvalue weighted by Crippen LogP contribution is -2.45. The smallest absolute Gasteiger partial charge is 0.185 e. The molecule has 106 valence electrons. The predicted octanol–water partition coefficient (Wildman–Crippen LogP) is 0.294. The Kier molecular flexibility index (Phi) is 5.51. The summed E-state index contributed by atoms with van der Waals surface area (Å²) >= 11 is 5.99. The first-order chi connectivity index (χ1) is 8.36. The average Bonchev–Trinajstić information content (AvgIpc) is 2.65. The summed E-state index contributed by atoms with van der Waals surface area (Å²) < 4.78 is 21.4. The molecule has 0 saturated carbocycles. The third-order valence-electron chi connectivity index (χ3n) is 2.65. The standard InChI is InChI=1S/C11H19ClO6/c1-11(2)17-8(7(12)6(14)5-13)9(18-11)10(15-3)16-4/h7-10,13H,5H2,1-4H3/t7-,8-,9+/m0/s1. The normalized spacial score (nSPS) is 28.6. The van der Waals surface area contributed by atoms with Gasteiger partial charge in [-0.15, -0.1) is 11.6 Å². The zero-order chi connectivity index (χ0) is 13.9. The number of Topliss-reactive ketones (excluding diaryl/α,β-unsaturated/α-hetero) is 1. The number of aliphatic hydroxyl groups excluding tert-OH is 1. The van der Waals surface area contributed by atoms with Crippen molar-refractivity contribution in [2.24, 2.45) is 0 Å². The third-order valence-corrected chi connectivity index (χ3v) is 3.14. The molecule has 0 spiro atoms. The van der Waals surface area contributed by atoms with Gasteiger partial charge >= 0.3 is 0 Å². The summed E-state index contributed by atoms with van der Waals surface area (Å²) in [6.45, 7) is 2.76. The number of hydrogen-bond acceptors (Lipinski definition) is 6. The lowest BCUT2D eigenvalue weighted by Gasteiger charge is -2.25. The van der Waals surface area contributed by atoms with Crippen LogP contribution < -0.4 is 0 Å². The molecule has 7 heteroatoms.